The van der Waals surface area contributed by atoms with Gasteiger partial charge in [0.25, 0.3) is 0 Å². The molecule has 0 aliphatic rings. The van der Waals surface area contributed by atoms with Crippen molar-refractivity contribution in [3.05, 3.63) is 53.6 Å². The molecule has 0 unspecified atom stereocenters. The molecule has 0 atom stereocenters. The highest BCUT2D eigenvalue weighted by molar-refractivity contribution is 5.96. The van der Waals surface area contributed by atoms with Crippen LogP contribution in [0.15, 0.2) is 36.7 Å². The third-order valence-corrected chi connectivity index (χ3v) is 3.21. The smallest absolute Gasteiger partial charge is 0.163 e. The first kappa shape index (κ1) is 13.5. The summed E-state index contributed by atoms with van der Waals surface area (Å²) in [6, 6.07) is 7.71. The molecule has 0 spiro atoms. The van der Waals surface area contributed by atoms with Crippen molar-refractivity contribution < 1.29 is 4.79 Å². The number of aryl methyl sites for hydroxylation is 2. The van der Waals surface area contributed by atoms with E-state index in [9.17, 15) is 4.79 Å². The van der Waals surface area contributed by atoms with Crippen LogP contribution in [0.5, 0.6) is 0 Å². The van der Waals surface area contributed by atoms with Gasteiger partial charge in [0.15, 0.2) is 5.78 Å². The standard InChI is InChI=1S/C15H19N3O/c1-18-11-10-17-15(18)7-6-14(19)13-4-2-12(3-5-13)8-9-16/h2-5,10-11H,6-9,16H2,1H3. The number of ketones is 1. The molecule has 0 amide bonds. The molecule has 0 fully saturated rings. The van der Waals surface area contributed by atoms with Crippen LogP contribution in [0.2, 0.25) is 0 Å². The van der Waals surface area contributed by atoms with Crippen LogP contribution in [-0.2, 0) is 19.9 Å². The summed E-state index contributed by atoms with van der Waals surface area (Å²) in [5, 5.41) is 0. The van der Waals surface area contributed by atoms with Gasteiger partial charge in [0, 0.05) is 37.8 Å². The summed E-state index contributed by atoms with van der Waals surface area (Å²) < 4.78 is 1.94. The van der Waals surface area contributed by atoms with Crippen LogP contribution < -0.4 is 5.73 Å². The minimum atomic E-state index is 0.155. The van der Waals surface area contributed by atoms with E-state index in [2.05, 4.69) is 4.98 Å². The first-order valence-electron chi connectivity index (χ1n) is 6.49. The molecule has 2 aromatic rings. The number of hydrogen-bond acceptors (Lipinski definition) is 3. The van der Waals surface area contributed by atoms with E-state index in [0.717, 1.165) is 17.8 Å². The molecule has 1 aromatic heterocycles. The number of carbonyl (C=O) groups excluding carboxylic acids is 1. The van der Waals surface area contributed by atoms with Crippen molar-refractivity contribution in [2.45, 2.75) is 19.3 Å². The molecule has 4 nitrogen and oxygen atoms in total. The van der Waals surface area contributed by atoms with Crippen LogP contribution >= 0.6 is 0 Å². The van der Waals surface area contributed by atoms with Gasteiger partial charge in [-0.25, -0.2) is 4.98 Å². The molecule has 0 aliphatic carbocycles. The Morgan fingerprint density at radius 1 is 1.26 bits per heavy atom. The van der Waals surface area contributed by atoms with Crippen LogP contribution in [0.1, 0.15) is 28.2 Å². The predicted octanol–water partition coefficient (Wildman–Crippen LogP) is 1.74. The number of nitrogens with two attached hydrogens (primary N) is 1. The van der Waals surface area contributed by atoms with Crippen molar-refractivity contribution in [3.63, 3.8) is 0 Å². The number of hydrogen-bond donors (Lipinski definition) is 1. The summed E-state index contributed by atoms with van der Waals surface area (Å²) in [4.78, 5) is 16.3. The van der Waals surface area contributed by atoms with E-state index in [1.165, 1.54) is 5.56 Å². The summed E-state index contributed by atoms with van der Waals surface area (Å²) in [6.45, 7) is 0.631. The topological polar surface area (TPSA) is 60.9 Å². The van der Waals surface area contributed by atoms with Gasteiger partial charge < -0.3 is 10.3 Å². The summed E-state index contributed by atoms with van der Waals surface area (Å²) in [7, 11) is 1.94. The van der Waals surface area contributed by atoms with Gasteiger partial charge in [-0.1, -0.05) is 24.3 Å². The molecule has 0 radical (unpaired) electrons. The third-order valence-electron chi connectivity index (χ3n) is 3.21. The van der Waals surface area contributed by atoms with E-state index in [1.54, 1.807) is 6.20 Å². The summed E-state index contributed by atoms with van der Waals surface area (Å²) in [6.07, 6.45) is 5.65. The lowest BCUT2D eigenvalue weighted by Gasteiger charge is -2.04. The average molecular weight is 257 g/mol. The molecule has 100 valence electrons. The highest BCUT2D eigenvalue weighted by Crippen LogP contribution is 2.09. The number of Topliss-reactive ketones (excluding diaryl/α,β-unsaturated/α-hetero) is 1. The lowest BCUT2D eigenvalue weighted by atomic mass is 10.0. The molecule has 1 aromatic carbocycles. The SMILES string of the molecule is Cn1ccnc1CCC(=O)c1ccc(CCN)cc1. The van der Waals surface area contributed by atoms with Gasteiger partial charge >= 0.3 is 0 Å². The van der Waals surface area contributed by atoms with Crippen LogP contribution in [0.4, 0.5) is 0 Å². The molecule has 4 heteroatoms. The lowest BCUT2D eigenvalue weighted by Crippen LogP contribution is -2.06. The highest BCUT2D eigenvalue weighted by atomic mass is 16.1. The molecular formula is C15H19N3O. The first-order valence-corrected chi connectivity index (χ1v) is 6.49. The van der Waals surface area contributed by atoms with Crippen LogP contribution in [0.3, 0.4) is 0 Å². The molecule has 0 saturated carbocycles. The molecule has 2 N–H and O–H groups in total. The third kappa shape index (κ3) is 3.51. The van der Waals surface area contributed by atoms with Crippen molar-refractivity contribution in [1.82, 2.24) is 9.55 Å². The van der Waals surface area contributed by atoms with E-state index in [-0.39, 0.29) is 5.78 Å². The van der Waals surface area contributed by atoms with Crippen LogP contribution in [0, 0.1) is 0 Å². The van der Waals surface area contributed by atoms with Crippen molar-refractivity contribution >= 4 is 5.78 Å². The Morgan fingerprint density at radius 2 is 2.00 bits per heavy atom. The second-order valence-corrected chi connectivity index (χ2v) is 4.61. The van der Waals surface area contributed by atoms with E-state index >= 15 is 0 Å². The van der Waals surface area contributed by atoms with Gasteiger partial charge in [0.05, 0.1) is 0 Å². The van der Waals surface area contributed by atoms with Gasteiger partial charge in [-0.15, -0.1) is 0 Å². The van der Waals surface area contributed by atoms with E-state index in [0.29, 0.717) is 19.4 Å². The largest absolute Gasteiger partial charge is 0.338 e. The molecule has 0 saturated heterocycles. The van der Waals surface area contributed by atoms with Crippen LogP contribution in [-0.4, -0.2) is 21.9 Å². The first-order chi connectivity index (χ1) is 9.20. The Bertz CT molecular complexity index is 543. The van der Waals surface area contributed by atoms with E-state index in [4.69, 9.17) is 5.73 Å². The number of aromatic nitrogens is 2. The van der Waals surface area contributed by atoms with Gasteiger partial charge in [-0.05, 0) is 18.5 Å². The number of carbonyl (C=O) groups is 1. The molecule has 1 heterocycles. The van der Waals surface area contributed by atoms with Crippen molar-refractivity contribution in [2.75, 3.05) is 6.54 Å². The number of benzene rings is 1. The zero-order valence-electron chi connectivity index (χ0n) is 11.2. The number of imidazole rings is 1. The highest BCUT2D eigenvalue weighted by Gasteiger charge is 2.08. The van der Waals surface area contributed by atoms with E-state index < -0.39 is 0 Å². The Balaban J connectivity index is 1.94. The molecule has 0 bridgehead atoms. The maximum absolute atomic E-state index is 12.1. The molecular weight excluding hydrogens is 238 g/mol. The van der Waals surface area contributed by atoms with Gasteiger partial charge in [-0.2, -0.15) is 0 Å². The second kappa shape index (κ2) is 6.29. The van der Waals surface area contributed by atoms with Gasteiger partial charge in [0.2, 0.25) is 0 Å². The Morgan fingerprint density at radius 3 is 2.58 bits per heavy atom. The number of rotatable bonds is 6. The summed E-state index contributed by atoms with van der Waals surface area (Å²) in [5.41, 5.74) is 7.43. The zero-order valence-corrected chi connectivity index (χ0v) is 11.2. The fraction of sp³-hybridized carbons (Fsp3) is 0.333. The van der Waals surface area contributed by atoms with Gasteiger partial charge in [0.1, 0.15) is 5.82 Å². The Kier molecular flexibility index (Phi) is 4.47. The van der Waals surface area contributed by atoms with Crippen molar-refractivity contribution in [3.8, 4) is 0 Å². The average Bonchev–Trinajstić information content (AvgIpc) is 2.83. The van der Waals surface area contributed by atoms with Gasteiger partial charge in [-0.3, -0.25) is 4.79 Å². The van der Waals surface area contributed by atoms with Crippen molar-refractivity contribution in [1.29, 1.82) is 0 Å². The minimum Gasteiger partial charge on any atom is -0.338 e. The maximum atomic E-state index is 12.1. The molecule has 0 aliphatic heterocycles. The Labute approximate surface area is 113 Å². The summed E-state index contributed by atoms with van der Waals surface area (Å²) in [5.74, 6) is 1.09. The second-order valence-electron chi connectivity index (χ2n) is 4.61. The number of nitrogens with zero attached hydrogens (tertiary/aromatic N) is 2. The van der Waals surface area contributed by atoms with E-state index in [1.807, 2.05) is 42.1 Å². The monoisotopic (exact) mass is 257 g/mol. The predicted molar refractivity (Wildman–Crippen MR) is 75.1 cm³/mol. The zero-order chi connectivity index (χ0) is 13.7. The normalized spacial score (nSPS) is 10.6. The molecule has 19 heavy (non-hydrogen) atoms. The fourth-order valence-electron chi connectivity index (χ4n) is 2.03. The lowest BCUT2D eigenvalue weighted by molar-refractivity contribution is 0.0982. The van der Waals surface area contributed by atoms with Crippen molar-refractivity contribution in [2.24, 2.45) is 12.8 Å². The minimum absolute atomic E-state index is 0.155. The maximum Gasteiger partial charge on any atom is 0.163 e. The Hall–Kier alpha value is -1.94. The quantitative estimate of drug-likeness (QED) is 0.802. The molecule has 2 rings (SSSR count). The fourth-order valence-corrected chi connectivity index (χ4v) is 2.03. The summed E-state index contributed by atoms with van der Waals surface area (Å²) >= 11 is 0. The van der Waals surface area contributed by atoms with Crippen LogP contribution in [0.25, 0.3) is 0 Å².